The number of piperidine rings is 1. The van der Waals surface area contributed by atoms with Crippen LogP contribution in [0.1, 0.15) is 30.4 Å². The van der Waals surface area contributed by atoms with Gasteiger partial charge in [0.15, 0.2) is 0 Å². The lowest BCUT2D eigenvalue weighted by molar-refractivity contribution is 0.366. The number of anilines is 2. The van der Waals surface area contributed by atoms with Crippen molar-refractivity contribution in [2.75, 3.05) is 49.1 Å². The number of rotatable bonds is 5. The van der Waals surface area contributed by atoms with Gasteiger partial charge >= 0.3 is 0 Å². The first-order valence-electron chi connectivity index (χ1n) is 10.7. The summed E-state index contributed by atoms with van der Waals surface area (Å²) < 4.78 is 14.4. The van der Waals surface area contributed by atoms with E-state index >= 15 is 0 Å². The first-order chi connectivity index (χ1) is 15.1. The maximum atomic E-state index is 14.4. The number of piperazine rings is 1. The Labute approximate surface area is 182 Å². The molecule has 0 N–H and O–H groups in total. The molecular weight excluding hydrogens is 393 g/mol. The van der Waals surface area contributed by atoms with Crippen molar-refractivity contribution in [3.05, 3.63) is 64.8 Å². The predicted octanol–water partition coefficient (Wildman–Crippen LogP) is 4.88. The number of halogens is 1. The number of hydrogen-bond donors (Lipinski definition) is 0. The molecule has 0 atom stereocenters. The molecule has 2 aromatic carbocycles. The highest BCUT2D eigenvalue weighted by molar-refractivity contribution is 5.77. The van der Waals surface area contributed by atoms with E-state index in [-0.39, 0.29) is 5.82 Å². The van der Waals surface area contributed by atoms with Crippen LogP contribution in [0.3, 0.4) is 0 Å². The second-order valence-corrected chi connectivity index (χ2v) is 8.04. The molecule has 2 heterocycles. The molecule has 0 aromatic heterocycles. The van der Waals surface area contributed by atoms with E-state index in [2.05, 4.69) is 21.6 Å². The van der Waals surface area contributed by atoms with Crippen molar-refractivity contribution in [2.24, 2.45) is 5.18 Å². The van der Waals surface area contributed by atoms with Crippen molar-refractivity contribution in [1.29, 1.82) is 5.26 Å². The third-order valence-corrected chi connectivity index (χ3v) is 6.17. The van der Waals surface area contributed by atoms with Gasteiger partial charge in [-0.2, -0.15) is 5.26 Å². The van der Waals surface area contributed by atoms with Crippen molar-refractivity contribution in [3.8, 4) is 6.07 Å². The lowest BCUT2D eigenvalue weighted by Crippen LogP contribution is -2.45. The zero-order valence-electron chi connectivity index (χ0n) is 17.6. The van der Waals surface area contributed by atoms with Crippen LogP contribution in [0, 0.1) is 22.1 Å². The van der Waals surface area contributed by atoms with E-state index in [9.17, 15) is 9.30 Å². The minimum absolute atomic E-state index is 0.321. The fraction of sp³-hybridized carbons (Fsp3) is 0.375. The Kier molecular flexibility index (Phi) is 6.17. The van der Waals surface area contributed by atoms with E-state index in [0.29, 0.717) is 43.1 Å². The molecule has 31 heavy (non-hydrogen) atoms. The summed E-state index contributed by atoms with van der Waals surface area (Å²) in [6.07, 6.45) is 3.57. The molecular formula is C24H26FN5O. The highest BCUT2D eigenvalue weighted by Gasteiger charge is 2.24. The van der Waals surface area contributed by atoms with E-state index in [1.54, 1.807) is 18.2 Å². The number of nitriles is 1. The van der Waals surface area contributed by atoms with Gasteiger partial charge in [-0.3, -0.25) is 0 Å². The van der Waals surface area contributed by atoms with Crippen molar-refractivity contribution < 1.29 is 4.39 Å². The molecule has 160 valence electrons. The maximum absolute atomic E-state index is 14.4. The van der Waals surface area contributed by atoms with Crippen LogP contribution in [-0.4, -0.2) is 44.2 Å². The Morgan fingerprint density at radius 2 is 1.61 bits per heavy atom. The standard InChI is InChI=1S/C24H26FN5O/c1-18(21-16-20(27-31)6-8-23(21)29-9-3-2-4-10-29)28-11-13-30(14-12-28)24-7-5-19(17-26)15-22(24)25/h5-8,15-16H,1-4,9-14H2. The second kappa shape index (κ2) is 9.17. The minimum atomic E-state index is -0.372. The zero-order chi connectivity index (χ0) is 21.8. The molecule has 2 fully saturated rings. The molecule has 2 aliphatic rings. The molecule has 0 amide bonds. The summed E-state index contributed by atoms with van der Waals surface area (Å²) in [7, 11) is 0. The topological polar surface area (TPSA) is 62.9 Å². The summed E-state index contributed by atoms with van der Waals surface area (Å²) in [6.45, 7) is 9.02. The van der Waals surface area contributed by atoms with Crippen molar-refractivity contribution in [2.45, 2.75) is 19.3 Å². The highest BCUT2D eigenvalue weighted by Crippen LogP contribution is 2.34. The summed E-state index contributed by atoms with van der Waals surface area (Å²) in [5.74, 6) is -0.372. The van der Waals surface area contributed by atoms with Crippen LogP contribution in [0.15, 0.2) is 48.2 Å². The van der Waals surface area contributed by atoms with Crippen LogP contribution in [-0.2, 0) is 0 Å². The molecule has 2 aliphatic heterocycles. The van der Waals surface area contributed by atoms with Crippen LogP contribution in [0.25, 0.3) is 5.70 Å². The zero-order valence-corrected chi connectivity index (χ0v) is 17.6. The third kappa shape index (κ3) is 4.38. The number of nitrogens with zero attached hydrogens (tertiary/aromatic N) is 5. The Hall–Kier alpha value is -3.40. The van der Waals surface area contributed by atoms with E-state index in [1.165, 1.54) is 12.5 Å². The van der Waals surface area contributed by atoms with Crippen LogP contribution >= 0.6 is 0 Å². The molecule has 7 heteroatoms. The quantitative estimate of drug-likeness (QED) is 0.647. The van der Waals surface area contributed by atoms with Gasteiger partial charge in [0.2, 0.25) is 0 Å². The van der Waals surface area contributed by atoms with Gasteiger partial charge in [0, 0.05) is 56.2 Å². The molecule has 0 radical (unpaired) electrons. The van der Waals surface area contributed by atoms with Gasteiger partial charge in [-0.05, 0) is 60.8 Å². The van der Waals surface area contributed by atoms with E-state index in [4.69, 9.17) is 5.26 Å². The monoisotopic (exact) mass is 419 g/mol. The van der Waals surface area contributed by atoms with E-state index < -0.39 is 0 Å². The van der Waals surface area contributed by atoms with Gasteiger partial charge in [-0.25, -0.2) is 4.39 Å². The van der Waals surface area contributed by atoms with Gasteiger partial charge in [0.25, 0.3) is 0 Å². The van der Waals surface area contributed by atoms with Gasteiger partial charge < -0.3 is 14.7 Å². The average Bonchev–Trinajstić information content (AvgIpc) is 2.83. The highest BCUT2D eigenvalue weighted by atomic mass is 19.1. The Balaban J connectivity index is 1.51. The molecule has 0 spiro atoms. The SMILES string of the molecule is C=C(c1cc(N=O)ccc1N1CCCCC1)N1CCN(c2ccc(C#N)cc2F)CC1. The molecule has 2 saturated heterocycles. The van der Waals surface area contributed by atoms with Crippen LogP contribution < -0.4 is 9.80 Å². The Morgan fingerprint density at radius 1 is 0.935 bits per heavy atom. The first-order valence-corrected chi connectivity index (χ1v) is 10.7. The normalized spacial score (nSPS) is 16.7. The fourth-order valence-electron chi connectivity index (χ4n) is 4.44. The van der Waals surface area contributed by atoms with Gasteiger partial charge in [0.05, 0.1) is 17.3 Å². The molecule has 0 saturated carbocycles. The second-order valence-electron chi connectivity index (χ2n) is 8.04. The van der Waals surface area contributed by atoms with Crippen LogP contribution in [0.5, 0.6) is 0 Å². The molecule has 0 aliphatic carbocycles. The Bertz CT molecular complexity index is 1020. The van der Waals surface area contributed by atoms with Crippen molar-refractivity contribution in [3.63, 3.8) is 0 Å². The number of hydrogen-bond acceptors (Lipinski definition) is 6. The molecule has 6 nitrogen and oxygen atoms in total. The molecule has 0 bridgehead atoms. The predicted molar refractivity (Wildman–Crippen MR) is 122 cm³/mol. The smallest absolute Gasteiger partial charge is 0.147 e. The summed E-state index contributed by atoms with van der Waals surface area (Å²) in [5.41, 5.74) is 4.14. The molecule has 0 unspecified atom stereocenters. The van der Waals surface area contributed by atoms with E-state index in [1.807, 2.05) is 23.1 Å². The lowest BCUT2D eigenvalue weighted by atomic mass is 10.0. The summed E-state index contributed by atoms with van der Waals surface area (Å²) in [4.78, 5) is 17.7. The van der Waals surface area contributed by atoms with Gasteiger partial charge in [-0.15, -0.1) is 4.91 Å². The minimum Gasteiger partial charge on any atom is -0.371 e. The van der Waals surface area contributed by atoms with Crippen LogP contribution in [0.2, 0.25) is 0 Å². The third-order valence-electron chi connectivity index (χ3n) is 6.17. The van der Waals surface area contributed by atoms with Gasteiger partial charge in [0.1, 0.15) is 11.5 Å². The summed E-state index contributed by atoms with van der Waals surface area (Å²) >= 11 is 0. The maximum Gasteiger partial charge on any atom is 0.147 e. The van der Waals surface area contributed by atoms with Crippen molar-refractivity contribution >= 4 is 22.8 Å². The Morgan fingerprint density at radius 3 is 2.26 bits per heavy atom. The lowest BCUT2D eigenvalue weighted by Gasteiger charge is -2.39. The fourth-order valence-corrected chi connectivity index (χ4v) is 4.44. The first kappa shape index (κ1) is 20.9. The molecule has 2 aromatic rings. The largest absolute Gasteiger partial charge is 0.371 e. The van der Waals surface area contributed by atoms with Gasteiger partial charge in [-0.1, -0.05) is 6.58 Å². The number of nitroso groups, excluding NO2 is 1. The van der Waals surface area contributed by atoms with Crippen molar-refractivity contribution in [1.82, 2.24) is 4.90 Å². The number of benzene rings is 2. The summed E-state index contributed by atoms with van der Waals surface area (Å²) in [5, 5.41) is 12.1. The van der Waals surface area contributed by atoms with Crippen LogP contribution in [0.4, 0.5) is 21.5 Å². The summed E-state index contributed by atoms with van der Waals surface area (Å²) in [6, 6.07) is 12.1. The van der Waals surface area contributed by atoms with E-state index in [0.717, 1.165) is 42.9 Å². The molecule has 4 rings (SSSR count). The average molecular weight is 420 g/mol.